The summed E-state index contributed by atoms with van der Waals surface area (Å²) in [5, 5.41) is 0. The summed E-state index contributed by atoms with van der Waals surface area (Å²) in [4.78, 5) is 16.3. The van der Waals surface area contributed by atoms with Crippen LogP contribution in [0.3, 0.4) is 0 Å². The summed E-state index contributed by atoms with van der Waals surface area (Å²) in [6.07, 6.45) is 3.25. The summed E-state index contributed by atoms with van der Waals surface area (Å²) >= 11 is 0. The van der Waals surface area contributed by atoms with E-state index in [9.17, 15) is 13.2 Å². The van der Waals surface area contributed by atoms with E-state index in [0.717, 1.165) is 24.3 Å². The number of carbonyl (C=O) groups excluding carboxylic acids is 1. The molecule has 1 fully saturated rings. The highest BCUT2D eigenvalue weighted by atomic mass is 32.2. The molecule has 0 unspecified atom stereocenters. The van der Waals surface area contributed by atoms with Crippen molar-refractivity contribution in [1.82, 2.24) is 4.90 Å². The Morgan fingerprint density at radius 3 is 2.39 bits per heavy atom. The number of hydrogen-bond acceptors (Lipinski definition) is 5. The van der Waals surface area contributed by atoms with Gasteiger partial charge in [0.2, 0.25) is 9.84 Å². The minimum Gasteiger partial charge on any atom is -0.494 e. The SMILES string of the molecule is CCOc1ccc(N2C=C(C(=O)N3CCCC3)S(=O)(=O)c3ccccc32)cc1. The molecule has 7 heteroatoms. The first-order valence-corrected chi connectivity index (χ1v) is 10.9. The molecule has 0 bridgehead atoms. The smallest absolute Gasteiger partial charge is 0.267 e. The number of nitrogens with zero attached hydrogens (tertiary/aromatic N) is 2. The third-order valence-corrected chi connectivity index (χ3v) is 6.76. The highest BCUT2D eigenvalue weighted by Gasteiger charge is 2.38. The fraction of sp³-hybridized carbons (Fsp3) is 0.286. The van der Waals surface area contributed by atoms with Crippen LogP contribution in [-0.2, 0) is 14.6 Å². The number of rotatable bonds is 4. The van der Waals surface area contributed by atoms with E-state index in [1.807, 2.05) is 31.2 Å². The molecule has 0 aromatic heterocycles. The van der Waals surface area contributed by atoms with Gasteiger partial charge in [0.25, 0.3) is 5.91 Å². The second kappa shape index (κ2) is 7.31. The van der Waals surface area contributed by atoms with Crippen molar-refractivity contribution < 1.29 is 17.9 Å². The Morgan fingerprint density at radius 2 is 1.71 bits per heavy atom. The highest BCUT2D eigenvalue weighted by Crippen LogP contribution is 2.40. The second-order valence-electron chi connectivity index (χ2n) is 6.76. The molecule has 0 saturated carbocycles. The third kappa shape index (κ3) is 3.16. The van der Waals surface area contributed by atoms with E-state index in [2.05, 4.69) is 0 Å². The van der Waals surface area contributed by atoms with Crippen molar-refractivity contribution in [2.75, 3.05) is 24.6 Å². The fourth-order valence-corrected chi connectivity index (χ4v) is 5.13. The first-order valence-electron chi connectivity index (χ1n) is 9.39. The Labute approximate surface area is 164 Å². The van der Waals surface area contributed by atoms with Crippen LogP contribution < -0.4 is 9.64 Å². The molecule has 0 radical (unpaired) electrons. The van der Waals surface area contributed by atoms with E-state index in [0.29, 0.717) is 25.4 Å². The molecule has 0 N–H and O–H groups in total. The molecule has 2 aromatic rings. The molecule has 146 valence electrons. The number of fused-ring (bicyclic) bond motifs is 1. The van der Waals surface area contributed by atoms with Gasteiger partial charge in [-0.25, -0.2) is 8.42 Å². The van der Waals surface area contributed by atoms with Gasteiger partial charge in [0.05, 0.1) is 17.2 Å². The largest absolute Gasteiger partial charge is 0.494 e. The molecule has 2 aliphatic rings. The lowest BCUT2D eigenvalue weighted by Gasteiger charge is -2.30. The van der Waals surface area contributed by atoms with Crippen molar-refractivity contribution >= 4 is 27.1 Å². The van der Waals surface area contributed by atoms with Gasteiger partial charge in [0.15, 0.2) is 4.91 Å². The topological polar surface area (TPSA) is 66.9 Å². The molecular weight excluding hydrogens is 376 g/mol. The molecule has 2 aromatic carbocycles. The lowest BCUT2D eigenvalue weighted by molar-refractivity contribution is -0.125. The summed E-state index contributed by atoms with van der Waals surface area (Å²) in [7, 11) is -3.87. The number of carbonyl (C=O) groups is 1. The van der Waals surface area contributed by atoms with E-state index in [-0.39, 0.29) is 9.80 Å². The summed E-state index contributed by atoms with van der Waals surface area (Å²) in [5.41, 5.74) is 1.29. The van der Waals surface area contributed by atoms with E-state index in [1.54, 1.807) is 34.1 Å². The van der Waals surface area contributed by atoms with Crippen molar-refractivity contribution in [3.8, 4) is 5.75 Å². The maximum atomic E-state index is 13.2. The summed E-state index contributed by atoms with van der Waals surface area (Å²) in [5.74, 6) is 0.310. The van der Waals surface area contributed by atoms with E-state index >= 15 is 0 Å². The standard InChI is InChI=1S/C21H22N2O4S/c1-2-27-17-11-9-16(10-12-17)23-15-20(21(24)22-13-5-6-14-22)28(25,26)19-8-4-3-7-18(19)23/h3-4,7-12,15H,2,5-6,13-14H2,1H3. The minimum atomic E-state index is -3.87. The number of likely N-dealkylation sites (tertiary alicyclic amines) is 1. The third-order valence-electron chi connectivity index (χ3n) is 4.98. The molecule has 1 saturated heterocycles. The summed E-state index contributed by atoms with van der Waals surface area (Å²) < 4.78 is 31.8. The van der Waals surface area contributed by atoms with Crippen LogP contribution in [0.15, 0.2) is 64.5 Å². The van der Waals surface area contributed by atoms with Crippen molar-refractivity contribution in [3.63, 3.8) is 0 Å². The molecule has 0 atom stereocenters. The Bertz CT molecular complexity index is 1020. The predicted molar refractivity (Wildman–Crippen MR) is 107 cm³/mol. The van der Waals surface area contributed by atoms with Gasteiger partial charge >= 0.3 is 0 Å². The van der Waals surface area contributed by atoms with Crippen LogP contribution in [0.25, 0.3) is 0 Å². The number of ether oxygens (including phenoxy) is 1. The molecule has 0 aliphatic carbocycles. The van der Waals surface area contributed by atoms with E-state index < -0.39 is 15.7 Å². The molecular formula is C21H22N2O4S. The number of anilines is 2. The second-order valence-corrected chi connectivity index (χ2v) is 8.65. The van der Waals surface area contributed by atoms with Gasteiger partial charge in [-0.15, -0.1) is 0 Å². The molecule has 2 heterocycles. The van der Waals surface area contributed by atoms with Gasteiger partial charge < -0.3 is 14.5 Å². The van der Waals surface area contributed by atoms with Gasteiger partial charge in [-0.05, 0) is 56.2 Å². The predicted octanol–water partition coefficient (Wildman–Crippen LogP) is 3.47. The molecule has 6 nitrogen and oxygen atoms in total. The van der Waals surface area contributed by atoms with Gasteiger partial charge in [0, 0.05) is 25.0 Å². The Balaban J connectivity index is 1.81. The molecule has 1 amide bonds. The number of sulfone groups is 1. The van der Waals surface area contributed by atoms with Gasteiger partial charge in [-0.1, -0.05) is 12.1 Å². The average molecular weight is 398 g/mol. The first-order chi connectivity index (χ1) is 13.5. The van der Waals surface area contributed by atoms with Crippen molar-refractivity contribution in [2.45, 2.75) is 24.7 Å². The first kappa shape index (κ1) is 18.6. The lowest BCUT2D eigenvalue weighted by Crippen LogP contribution is -2.35. The van der Waals surface area contributed by atoms with E-state index in [4.69, 9.17) is 4.74 Å². The van der Waals surface area contributed by atoms with Gasteiger partial charge in [0.1, 0.15) is 5.75 Å². The van der Waals surface area contributed by atoms with E-state index in [1.165, 1.54) is 6.20 Å². The van der Waals surface area contributed by atoms with Crippen LogP contribution in [-0.4, -0.2) is 38.9 Å². The average Bonchev–Trinajstić information content (AvgIpc) is 3.24. The van der Waals surface area contributed by atoms with Crippen LogP contribution in [0.1, 0.15) is 19.8 Å². The number of hydrogen-bond donors (Lipinski definition) is 0. The van der Waals surface area contributed by atoms with Gasteiger partial charge in [-0.2, -0.15) is 0 Å². The molecule has 28 heavy (non-hydrogen) atoms. The number of para-hydroxylation sites is 1. The number of amides is 1. The maximum Gasteiger partial charge on any atom is 0.267 e. The molecule has 2 aliphatic heterocycles. The van der Waals surface area contributed by atoms with Crippen molar-refractivity contribution in [2.24, 2.45) is 0 Å². The van der Waals surface area contributed by atoms with Crippen LogP contribution in [0.5, 0.6) is 5.75 Å². The Morgan fingerprint density at radius 1 is 1.04 bits per heavy atom. The highest BCUT2D eigenvalue weighted by molar-refractivity contribution is 7.96. The zero-order chi connectivity index (χ0) is 19.7. The lowest BCUT2D eigenvalue weighted by atomic mass is 10.2. The zero-order valence-corrected chi connectivity index (χ0v) is 16.5. The zero-order valence-electron chi connectivity index (χ0n) is 15.7. The van der Waals surface area contributed by atoms with Crippen LogP contribution >= 0.6 is 0 Å². The van der Waals surface area contributed by atoms with Gasteiger partial charge in [-0.3, -0.25) is 4.79 Å². The summed E-state index contributed by atoms with van der Waals surface area (Å²) in [6.45, 7) is 3.67. The monoisotopic (exact) mass is 398 g/mol. The van der Waals surface area contributed by atoms with Crippen LogP contribution in [0.2, 0.25) is 0 Å². The quantitative estimate of drug-likeness (QED) is 0.789. The normalized spacial score (nSPS) is 17.8. The van der Waals surface area contributed by atoms with Crippen LogP contribution in [0, 0.1) is 0 Å². The number of benzene rings is 2. The fourth-order valence-electron chi connectivity index (χ4n) is 3.59. The molecule has 4 rings (SSSR count). The Kier molecular flexibility index (Phi) is 4.85. The van der Waals surface area contributed by atoms with Crippen molar-refractivity contribution in [3.05, 3.63) is 59.6 Å². The summed E-state index contributed by atoms with van der Waals surface area (Å²) in [6, 6.07) is 14.1. The maximum absolute atomic E-state index is 13.2. The van der Waals surface area contributed by atoms with Crippen LogP contribution in [0.4, 0.5) is 11.4 Å². The van der Waals surface area contributed by atoms with Crippen molar-refractivity contribution in [1.29, 1.82) is 0 Å². The molecule has 0 spiro atoms. The minimum absolute atomic E-state index is 0.147. The Hall–Kier alpha value is -2.80.